The SMILES string of the molecule is Cc1cc(OCCCC2CCCO2)ccc1S(=O)(=O)Cl. The summed E-state index contributed by atoms with van der Waals surface area (Å²) in [5, 5.41) is 0. The van der Waals surface area contributed by atoms with Gasteiger partial charge in [-0.1, -0.05) is 0 Å². The Labute approximate surface area is 124 Å². The average molecular weight is 319 g/mol. The lowest BCUT2D eigenvalue weighted by molar-refractivity contribution is 0.0981. The molecular formula is C14H19ClO4S. The number of hydrogen-bond acceptors (Lipinski definition) is 4. The fraction of sp³-hybridized carbons (Fsp3) is 0.571. The standard InChI is InChI=1S/C14H19ClO4S/c1-11-10-13(6-7-14(11)20(15,16)17)19-9-3-5-12-4-2-8-18-12/h6-7,10,12H,2-5,8-9H2,1H3. The van der Waals surface area contributed by atoms with Crippen molar-refractivity contribution in [2.75, 3.05) is 13.2 Å². The van der Waals surface area contributed by atoms with E-state index in [0.29, 0.717) is 24.0 Å². The van der Waals surface area contributed by atoms with Gasteiger partial charge in [0.25, 0.3) is 9.05 Å². The molecule has 112 valence electrons. The molecule has 1 heterocycles. The maximum absolute atomic E-state index is 11.3. The number of ether oxygens (including phenoxy) is 2. The van der Waals surface area contributed by atoms with E-state index in [0.717, 1.165) is 32.3 Å². The molecule has 0 amide bonds. The van der Waals surface area contributed by atoms with E-state index in [9.17, 15) is 8.42 Å². The minimum absolute atomic E-state index is 0.130. The Bertz CT molecular complexity index is 550. The second kappa shape index (κ2) is 6.78. The number of benzene rings is 1. The molecule has 0 aliphatic carbocycles. The Morgan fingerprint density at radius 3 is 2.85 bits per heavy atom. The maximum Gasteiger partial charge on any atom is 0.261 e. The summed E-state index contributed by atoms with van der Waals surface area (Å²) in [6, 6.07) is 4.81. The van der Waals surface area contributed by atoms with E-state index < -0.39 is 9.05 Å². The molecule has 0 spiro atoms. The third-order valence-electron chi connectivity index (χ3n) is 3.37. The van der Waals surface area contributed by atoms with E-state index >= 15 is 0 Å². The zero-order valence-corrected chi connectivity index (χ0v) is 13.0. The first-order valence-corrected chi connectivity index (χ1v) is 9.07. The highest BCUT2D eigenvalue weighted by atomic mass is 35.7. The summed E-state index contributed by atoms with van der Waals surface area (Å²) in [5.74, 6) is 0.666. The van der Waals surface area contributed by atoms with Crippen molar-refractivity contribution in [1.29, 1.82) is 0 Å². The summed E-state index contributed by atoms with van der Waals surface area (Å²) >= 11 is 0. The molecule has 1 fully saturated rings. The van der Waals surface area contributed by atoms with Gasteiger partial charge >= 0.3 is 0 Å². The van der Waals surface area contributed by atoms with Crippen LogP contribution in [0, 0.1) is 6.92 Å². The van der Waals surface area contributed by atoms with E-state index in [1.165, 1.54) is 6.07 Å². The van der Waals surface area contributed by atoms with Gasteiger partial charge in [0.2, 0.25) is 0 Å². The fourth-order valence-corrected chi connectivity index (χ4v) is 3.55. The molecule has 6 heteroatoms. The van der Waals surface area contributed by atoms with Crippen LogP contribution in [0.25, 0.3) is 0 Å². The summed E-state index contributed by atoms with van der Waals surface area (Å²) in [5.41, 5.74) is 0.594. The molecule has 0 bridgehead atoms. The van der Waals surface area contributed by atoms with Gasteiger partial charge in [-0.25, -0.2) is 8.42 Å². The molecule has 0 saturated carbocycles. The van der Waals surface area contributed by atoms with E-state index in [1.807, 2.05) is 0 Å². The van der Waals surface area contributed by atoms with Crippen molar-refractivity contribution in [3.05, 3.63) is 23.8 Å². The van der Waals surface area contributed by atoms with Gasteiger partial charge in [-0.15, -0.1) is 0 Å². The van der Waals surface area contributed by atoms with Crippen molar-refractivity contribution in [1.82, 2.24) is 0 Å². The zero-order valence-electron chi connectivity index (χ0n) is 11.5. The summed E-state index contributed by atoms with van der Waals surface area (Å²) in [7, 11) is 1.65. The average Bonchev–Trinajstić information content (AvgIpc) is 2.86. The van der Waals surface area contributed by atoms with Gasteiger partial charge in [-0.3, -0.25) is 0 Å². The predicted molar refractivity (Wildman–Crippen MR) is 77.9 cm³/mol. The molecule has 1 atom stereocenters. The van der Waals surface area contributed by atoms with Crippen LogP contribution in [-0.2, 0) is 13.8 Å². The van der Waals surface area contributed by atoms with Crippen LogP contribution >= 0.6 is 10.7 Å². The molecule has 20 heavy (non-hydrogen) atoms. The summed E-state index contributed by atoms with van der Waals surface area (Å²) in [6.07, 6.45) is 4.61. The van der Waals surface area contributed by atoms with Crippen molar-refractivity contribution in [3.63, 3.8) is 0 Å². The Hall–Kier alpha value is -0.780. The largest absolute Gasteiger partial charge is 0.494 e. The molecule has 1 aliphatic rings. The third kappa shape index (κ3) is 4.36. The Morgan fingerprint density at radius 1 is 1.45 bits per heavy atom. The van der Waals surface area contributed by atoms with Gasteiger partial charge in [0.1, 0.15) is 5.75 Å². The third-order valence-corrected chi connectivity index (χ3v) is 4.85. The smallest absolute Gasteiger partial charge is 0.261 e. The molecule has 4 nitrogen and oxygen atoms in total. The monoisotopic (exact) mass is 318 g/mol. The Kier molecular flexibility index (Phi) is 5.29. The molecule has 0 aromatic heterocycles. The van der Waals surface area contributed by atoms with Crippen LogP contribution in [0.15, 0.2) is 23.1 Å². The highest BCUT2D eigenvalue weighted by Crippen LogP contribution is 2.24. The molecule has 1 aliphatic heterocycles. The summed E-state index contributed by atoms with van der Waals surface area (Å²) in [4.78, 5) is 0.130. The quantitative estimate of drug-likeness (QED) is 0.597. The highest BCUT2D eigenvalue weighted by Gasteiger charge is 2.15. The van der Waals surface area contributed by atoms with Gasteiger partial charge in [-0.05, 0) is 56.4 Å². The van der Waals surface area contributed by atoms with Crippen molar-refractivity contribution < 1.29 is 17.9 Å². The number of halogens is 1. The topological polar surface area (TPSA) is 52.6 Å². The van der Waals surface area contributed by atoms with Crippen LogP contribution < -0.4 is 4.74 Å². The first-order chi connectivity index (χ1) is 9.47. The first kappa shape index (κ1) is 15.6. The summed E-state index contributed by atoms with van der Waals surface area (Å²) in [6.45, 7) is 3.18. The first-order valence-electron chi connectivity index (χ1n) is 6.76. The zero-order chi connectivity index (χ0) is 14.6. The highest BCUT2D eigenvalue weighted by molar-refractivity contribution is 8.13. The van der Waals surface area contributed by atoms with Gasteiger partial charge in [0, 0.05) is 17.3 Å². The lowest BCUT2D eigenvalue weighted by Gasteiger charge is -2.11. The molecule has 1 aromatic carbocycles. The van der Waals surface area contributed by atoms with Crippen molar-refractivity contribution in [3.8, 4) is 5.75 Å². The molecular weight excluding hydrogens is 300 g/mol. The number of rotatable bonds is 6. The van der Waals surface area contributed by atoms with Crippen LogP contribution in [0.2, 0.25) is 0 Å². The molecule has 0 radical (unpaired) electrons. The molecule has 0 N–H and O–H groups in total. The fourth-order valence-electron chi connectivity index (χ4n) is 2.36. The van der Waals surface area contributed by atoms with Crippen LogP contribution in [-0.4, -0.2) is 27.7 Å². The molecule has 2 rings (SSSR count). The number of aryl methyl sites for hydroxylation is 1. The van der Waals surface area contributed by atoms with Crippen molar-refractivity contribution >= 4 is 19.7 Å². The molecule has 1 aromatic rings. The van der Waals surface area contributed by atoms with Crippen LogP contribution in [0.3, 0.4) is 0 Å². The van der Waals surface area contributed by atoms with E-state index in [1.54, 1.807) is 19.1 Å². The summed E-state index contributed by atoms with van der Waals surface area (Å²) < 4.78 is 33.7. The van der Waals surface area contributed by atoms with Gasteiger partial charge in [0.05, 0.1) is 17.6 Å². The number of hydrogen-bond donors (Lipinski definition) is 0. The van der Waals surface area contributed by atoms with E-state index in [-0.39, 0.29) is 4.90 Å². The molecule has 1 saturated heterocycles. The lowest BCUT2D eigenvalue weighted by atomic mass is 10.1. The maximum atomic E-state index is 11.3. The minimum atomic E-state index is -3.69. The van der Waals surface area contributed by atoms with Crippen LogP contribution in [0.1, 0.15) is 31.2 Å². The predicted octanol–water partition coefficient (Wildman–Crippen LogP) is 3.26. The van der Waals surface area contributed by atoms with Crippen LogP contribution in [0.4, 0.5) is 0 Å². The lowest BCUT2D eigenvalue weighted by Crippen LogP contribution is -2.07. The van der Waals surface area contributed by atoms with Crippen molar-refractivity contribution in [2.24, 2.45) is 0 Å². The van der Waals surface area contributed by atoms with Gasteiger partial charge in [-0.2, -0.15) is 0 Å². The molecule has 1 unspecified atom stereocenters. The van der Waals surface area contributed by atoms with E-state index in [2.05, 4.69) is 0 Å². The second-order valence-electron chi connectivity index (χ2n) is 4.99. The Balaban J connectivity index is 1.83. The minimum Gasteiger partial charge on any atom is -0.494 e. The normalized spacial score (nSPS) is 19.2. The van der Waals surface area contributed by atoms with Gasteiger partial charge in [0.15, 0.2) is 0 Å². The van der Waals surface area contributed by atoms with Gasteiger partial charge < -0.3 is 9.47 Å². The van der Waals surface area contributed by atoms with E-state index in [4.69, 9.17) is 20.2 Å². The van der Waals surface area contributed by atoms with Crippen molar-refractivity contribution in [2.45, 2.75) is 43.6 Å². The van der Waals surface area contributed by atoms with Crippen LogP contribution in [0.5, 0.6) is 5.75 Å². The second-order valence-corrected chi connectivity index (χ2v) is 7.53. The Morgan fingerprint density at radius 2 is 2.25 bits per heavy atom.